The minimum absolute atomic E-state index is 0.120. The van der Waals surface area contributed by atoms with Gasteiger partial charge in [0.25, 0.3) is 0 Å². The molecule has 98 valence electrons. The van der Waals surface area contributed by atoms with Gasteiger partial charge in [-0.3, -0.25) is 4.57 Å². The van der Waals surface area contributed by atoms with Gasteiger partial charge >= 0.3 is 5.69 Å². The fraction of sp³-hybridized carbons (Fsp3) is 0.818. The van der Waals surface area contributed by atoms with Gasteiger partial charge < -0.3 is 0 Å². The molecule has 6 heteroatoms. The van der Waals surface area contributed by atoms with Crippen LogP contribution in [0.25, 0.3) is 0 Å². The summed E-state index contributed by atoms with van der Waals surface area (Å²) < 4.78 is 1.70. The minimum Gasteiger partial charge on any atom is -0.268 e. The Bertz CT molecular complexity index is 386. The molecule has 0 radical (unpaired) electrons. The average Bonchev–Trinajstić information content (AvgIpc) is 2.60. The summed E-state index contributed by atoms with van der Waals surface area (Å²) in [5.41, 5.74) is -0.120. The second-order valence-corrected chi connectivity index (χ2v) is 6.04. The van der Waals surface area contributed by atoms with Crippen molar-refractivity contribution in [3.05, 3.63) is 10.5 Å². The maximum atomic E-state index is 11.5. The van der Waals surface area contributed by atoms with Gasteiger partial charge in [0.15, 0.2) is 5.16 Å². The molecule has 4 nitrogen and oxygen atoms in total. The molecule has 1 aromatic heterocycles. The van der Waals surface area contributed by atoms with Gasteiger partial charge in [0, 0.05) is 11.8 Å². The second kappa shape index (κ2) is 7.16. The van der Waals surface area contributed by atoms with Crippen LogP contribution in [0.3, 0.4) is 0 Å². The zero-order valence-corrected chi connectivity index (χ0v) is 12.4. The number of aromatic amines is 1. The second-order valence-electron chi connectivity index (χ2n) is 4.53. The number of aromatic nitrogens is 3. The standard InChI is InChI=1S/C11H21N3OS2/c1-8(2)14-10(15)12-13-11(14)17-7-5-9(3)4-6-16/h8-9,16H,4-7H2,1-3H3,(H,12,15). The van der Waals surface area contributed by atoms with Crippen LogP contribution in [0.15, 0.2) is 9.95 Å². The van der Waals surface area contributed by atoms with Crippen LogP contribution >= 0.6 is 24.4 Å². The number of nitrogens with zero attached hydrogens (tertiary/aromatic N) is 2. The normalized spacial score (nSPS) is 13.2. The highest BCUT2D eigenvalue weighted by Crippen LogP contribution is 2.20. The van der Waals surface area contributed by atoms with Crippen molar-refractivity contribution in [1.29, 1.82) is 0 Å². The Kier molecular flexibility index (Phi) is 6.19. The van der Waals surface area contributed by atoms with Crippen LogP contribution < -0.4 is 5.69 Å². The van der Waals surface area contributed by atoms with Crippen LogP contribution in [0.5, 0.6) is 0 Å². The Morgan fingerprint density at radius 1 is 1.41 bits per heavy atom. The predicted octanol–water partition coefficient (Wildman–Crippen LogP) is 2.59. The van der Waals surface area contributed by atoms with Gasteiger partial charge in [0.05, 0.1) is 0 Å². The van der Waals surface area contributed by atoms with Crippen molar-refractivity contribution in [2.45, 2.75) is 44.8 Å². The Morgan fingerprint density at radius 3 is 2.71 bits per heavy atom. The maximum absolute atomic E-state index is 11.5. The van der Waals surface area contributed by atoms with Gasteiger partial charge in [-0.05, 0) is 38.4 Å². The molecule has 0 bridgehead atoms. The first-order valence-electron chi connectivity index (χ1n) is 5.96. The molecule has 0 saturated heterocycles. The number of hydrogen-bond donors (Lipinski definition) is 2. The van der Waals surface area contributed by atoms with Crippen molar-refractivity contribution in [3.8, 4) is 0 Å². The molecule has 0 fully saturated rings. The van der Waals surface area contributed by atoms with Crippen LogP contribution in [0.2, 0.25) is 0 Å². The van der Waals surface area contributed by atoms with Crippen molar-refractivity contribution < 1.29 is 0 Å². The van der Waals surface area contributed by atoms with Crippen molar-refractivity contribution >= 4 is 24.4 Å². The molecule has 0 aromatic carbocycles. The van der Waals surface area contributed by atoms with E-state index in [-0.39, 0.29) is 11.7 Å². The van der Waals surface area contributed by atoms with E-state index < -0.39 is 0 Å². The van der Waals surface area contributed by atoms with Crippen LogP contribution in [0.4, 0.5) is 0 Å². The third kappa shape index (κ3) is 4.43. The summed E-state index contributed by atoms with van der Waals surface area (Å²) in [5, 5.41) is 7.35. The SMILES string of the molecule is CC(CCS)CCSc1n[nH]c(=O)n1C(C)C. The van der Waals surface area contributed by atoms with Crippen LogP contribution in [0.1, 0.15) is 39.7 Å². The Labute approximate surface area is 112 Å². The van der Waals surface area contributed by atoms with E-state index >= 15 is 0 Å². The highest BCUT2D eigenvalue weighted by atomic mass is 32.2. The molecule has 1 heterocycles. The molecule has 0 saturated carbocycles. The summed E-state index contributed by atoms with van der Waals surface area (Å²) >= 11 is 5.87. The molecule has 1 unspecified atom stereocenters. The summed E-state index contributed by atoms with van der Waals surface area (Å²) in [6.45, 7) is 6.21. The molecule has 0 amide bonds. The predicted molar refractivity (Wildman–Crippen MR) is 76.2 cm³/mol. The molecule has 1 N–H and O–H groups in total. The first-order valence-corrected chi connectivity index (χ1v) is 7.58. The lowest BCUT2D eigenvalue weighted by molar-refractivity contribution is 0.531. The van der Waals surface area contributed by atoms with E-state index in [9.17, 15) is 4.79 Å². The summed E-state index contributed by atoms with van der Waals surface area (Å²) in [5.74, 6) is 2.61. The van der Waals surface area contributed by atoms with E-state index in [1.165, 1.54) is 0 Å². The van der Waals surface area contributed by atoms with E-state index in [0.29, 0.717) is 5.92 Å². The number of thioether (sulfide) groups is 1. The smallest absolute Gasteiger partial charge is 0.268 e. The fourth-order valence-corrected chi connectivity index (χ4v) is 3.25. The van der Waals surface area contributed by atoms with Crippen molar-refractivity contribution in [2.24, 2.45) is 5.92 Å². The molecular formula is C11H21N3OS2. The van der Waals surface area contributed by atoms with Gasteiger partial charge in [0.1, 0.15) is 0 Å². The molecule has 0 aliphatic rings. The summed E-state index contributed by atoms with van der Waals surface area (Å²) in [4.78, 5) is 11.5. The average molecular weight is 275 g/mol. The highest BCUT2D eigenvalue weighted by Gasteiger charge is 2.11. The van der Waals surface area contributed by atoms with Gasteiger partial charge in [-0.25, -0.2) is 9.89 Å². The molecule has 0 aliphatic heterocycles. The number of nitrogens with one attached hydrogen (secondary N) is 1. The Hall–Kier alpha value is -0.360. The zero-order chi connectivity index (χ0) is 12.8. The van der Waals surface area contributed by atoms with Crippen molar-refractivity contribution in [1.82, 2.24) is 14.8 Å². The van der Waals surface area contributed by atoms with E-state index in [0.717, 1.165) is 29.5 Å². The minimum atomic E-state index is -0.120. The lowest BCUT2D eigenvalue weighted by Crippen LogP contribution is -2.19. The summed E-state index contributed by atoms with van der Waals surface area (Å²) in [7, 11) is 0. The Balaban J connectivity index is 2.50. The first kappa shape index (κ1) is 14.7. The third-order valence-corrected chi connectivity index (χ3v) is 3.90. The molecule has 1 aromatic rings. The number of hydrogen-bond acceptors (Lipinski definition) is 4. The summed E-state index contributed by atoms with van der Waals surface area (Å²) in [6, 6.07) is 0.151. The fourth-order valence-electron chi connectivity index (χ4n) is 1.56. The summed E-state index contributed by atoms with van der Waals surface area (Å²) in [6.07, 6.45) is 2.27. The van der Waals surface area contributed by atoms with E-state index in [1.54, 1.807) is 16.3 Å². The lowest BCUT2D eigenvalue weighted by atomic mass is 10.1. The van der Waals surface area contributed by atoms with E-state index in [4.69, 9.17) is 0 Å². The molecule has 1 rings (SSSR count). The zero-order valence-electron chi connectivity index (χ0n) is 10.6. The first-order chi connectivity index (χ1) is 8.06. The van der Waals surface area contributed by atoms with Crippen LogP contribution in [-0.4, -0.2) is 26.3 Å². The lowest BCUT2D eigenvalue weighted by Gasteiger charge is -2.10. The monoisotopic (exact) mass is 275 g/mol. The third-order valence-electron chi connectivity index (χ3n) is 2.65. The van der Waals surface area contributed by atoms with Crippen LogP contribution in [-0.2, 0) is 0 Å². The molecule has 1 atom stereocenters. The van der Waals surface area contributed by atoms with Crippen molar-refractivity contribution in [3.63, 3.8) is 0 Å². The molecular weight excluding hydrogens is 254 g/mol. The van der Waals surface area contributed by atoms with Gasteiger partial charge in [-0.15, -0.1) is 5.10 Å². The number of thiol groups is 1. The van der Waals surface area contributed by atoms with Crippen LogP contribution in [0, 0.1) is 5.92 Å². The quantitative estimate of drug-likeness (QED) is 0.594. The van der Waals surface area contributed by atoms with E-state index in [1.807, 2.05) is 13.8 Å². The Morgan fingerprint density at radius 2 is 2.12 bits per heavy atom. The highest BCUT2D eigenvalue weighted by molar-refractivity contribution is 7.99. The topological polar surface area (TPSA) is 50.7 Å². The number of rotatable bonds is 7. The van der Waals surface area contributed by atoms with Crippen molar-refractivity contribution in [2.75, 3.05) is 11.5 Å². The van der Waals surface area contributed by atoms with Gasteiger partial charge in [0.2, 0.25) is 0 Å². The number of H-pyrrole nitrogens is 1. The maximum Gasteiger partial charge on any atom is 0.344 e. The van der Waals surface area contributed by atoms with E-state index in [2.05, 4.69) is 29.7 Å². The molecule has 0 spiro atoms. The molecule has 17 heavy (non-hydrogen) atoms. The largest absolute Gasteiger partial charge is 0.344 e. The van der Waals surface area contributed by atoms with Gasteiger partial charge in [-0.2, -0.15) is 12.6 Å². The molecule has 0 aliphatic carbocycles. The van der Waals surface area contributed by atoms with Gasteiger partial charge in [-0.1, -0.05) is 18.7 Å².